The monoisotopic (exact) mass is 555 g/mol. The minimum atomic E-state index is -0.953. The van der Waals surface area contributed by atoms with Gasteiger partial charge in [0, 0.05) is 39.1 Å². The Morgan fingerprint density at radius 3 is 2.12 bits per heavy atom. The number of fused-ring (bicyclic) bond motifs is 3. The first-order valence-electron chi connectivity index (χ1n) is 14.2. The number of piperidine rings is 1. The smallest absolute Gasteiger partial charge is 0.407 e. The summed E-state index contributed by atoms with van der Waals surface area (Å²) in [6.45, 7) is 2.54. The molecule has 3 aromatic rings. The summed E-state index contributed by atoms with van der Waals surface area (Å²) in [7, 11) is 1.61. The van der Waals surface area contributed by atoms with Gasteiger partial charge in [0.05, 0.1) is 18.4 Å². The fourth-order valence-corrected chi connectivity index (χ4v) is 5.99. The number of amides is 2. The van der Waals surface area contributed by atoms with Crippen molar-refractivity contribution >= 4 is 18.0 Å². The Kier molecular flexibility index (Phi) is 8.69. The molecule has 0 saturated carbocycles. The molecule has 1 aliphatic carbocycles. The second-order valence-corrected chi connectivity index (χ2v) is 11.1. The van der Waals surface area contributed by atoms with Crippen LogP contribution in [-0.4, -0.2) is 71.7 Å². The van der Waals surface area contributed by atoms with E-state index in [4.69, 9.17) is 9.84 Å². The van der Waals surface area contributed by atoms with Crippen molar-refractivity contribution in [3.8, 4) is 11.1 Å². The Hall–Kier alpha value is -4.17. The van der Waals surface area contributed by atoms with Crippen molar-refractivity contribution < 1.29 is 24.2 Å². The third-order valence-corrected chi connectivity index (χ3v) is 8.35. The molecule has 0 radical (unpaired) electrons. The van der Waals surface area contributed by atoms with Crippen LogP contribution in [0.3, 0.4) is 0 Å². The van der Waals surface area contributed by atoms with Gasteiger partial charge in [0.1, 0.15) is 6.61 Å². The molecule has 1 fully saturated rings. The van der Waals surface area contributed by atoms with Gasteiger partial charge >= 0.3 is 12.1 Å². The van der Waals surface area contributed by atoms with Crippen LogP contribution < -0.4 is 5.32 Å². The van der Waals surface area contributed by atoms with Crippen molar-refractivity contribution in [3.05, 3.63) is 95.6 Å². The molecule has 0 spiro atoms. The molecule has 3 aromatic carbocycles. The second kappa shape index (κ2) is 12.6. The fraction of sp³-hybridized carbons (Fsp3) is 0.364. The first kappa shape index (κ1) is 28.4. The number of hydrogen-bond acceptors (Lipinski definition) is 5. The summed E-state index contributed by atoms with van der Waals surface area (Å²) in [6, 6.07) is 26.6. The normalized spacial score (nSPS) is 15.9. The molecule has 41 heavy (non-hydrogen) atoms. The highest BCUT2D eigenvalue weighted by atomic mass is 16.5. The lowest BCUT2D eigenvalue weighted by Gasteiger charge is -2.42. The molecule has 0 aromatic heterocycles. The molecule has 1 saturated heterocycles. The fourth-order valence-electron chi connectivity index (χ4n) is 5.99. The number of carbonyl (C=O) groups excluding carboxylic acids is 2. The first-order valence-corrected chi connectivity index (χ1v) is 14.2. The van der Waals surface area contributed by atoms with Gasteiger partial charge in [-0.25, -0.2) is 4.79 Å². The van der Waals surface area contributed by atoms with Gasteiger partial charge in [-0.1, -0.05) is 78.9 Å². The highest BCUT2D eigenvalue weighted by Gasteiger charge is 2.39. The van der Waals surface area contributed by atoms with E-state index in [1.807, 2.05) is 42.5 Å². The number of carbonyl (C=O) groups is 3. The third kappa shape index (κ3) is 6.77. The summed E-state index contributed by atoms with van der Waals surface area (Å²) in [4.78, 5) is 41.2. The lowest BCUT2D eigenvalue weighted by molar-refractivity contribution is -0.138. The molecule has 1 aliphatic heterocycles. The molecule has 0 unspecified atom stereocenters. The molecule has 2 aliphatic rings. The van der Waals surface area contributed by atoms with Crippen LogP contribution in [-0.2, 0) is 20.9 Å². The Morgan fingerprint density at radius 1 is 0.927 bits per heavy atom. The van der Waals surface area contributed by atoms with Gasteiger partial charge in [0.25, 0.3) is 0 Å². The van der Waals surface area contributed by atoms with Crippen LogP contribution in [0.4, 0.5) is 4.79 Å². The molecule has 0 bridgehead atoms. The maximum Gasteiger partial charge on any atom is 0.407 e. The molecule has 2 amide bonds. The van der Waals surface area contributed by atoms with Gasteiger partial charge in [-0.2, -0.15) is 0 Å². The molecular weight excluding hydrogens is 518 g/mol. The van der Waals surface area contributed by atoms with Gasteiger partial charge < -0.3 is 20.1 Å². The molecule has 1 heterocycles. The molecule has 5 rings (SSSR count). The van der Waals surface area contributed by atoms with Gasteiger partial charge in [0.2, 0.25) is 5.91 Å². The number of benzene rings is 3. The standard InChI is InChI=1S/C33H37N3O5/c1-35(18-15-31(38)39)30(37)21-33(16-19-36(20-17-33)22-24-9-3-2-4-10-24)34-32(40)41-23-29-27-13-7-5-11-25(27)26-12-6-8-14-28(26)29/h2-14,29H,15-23H2,1H3,(H,34,40)(H,38,39). The van der Waals surface area contributed by atoms with Crippen LogP contribution in [0.5, 0.6) is 0 Å². The van der Waals surface area contributed by atoms with E-state index in [1.165, 1.54) is 10.5 Å². The zero-order valence-corrected chi connectivity index (χ0v) is 23.4. The van der Waals surface area contributed by atoms with E-state index in [9.17, 15) is 14.4 Å². The lowest BCUT2D eigenvalue weighted by atomic mass is 9.83. The summed E-state index contributed by atoms with van der Waals surface area (Å²) < 4.78 is 5.84. The number of nitrogens with one attached hydrogen (secondary N) is 1. The molecule has 8 nitrogen and oxygen atoms in total. The van der Waals surface area contributed by atoms with Crippen molar-refractivity contribution in [2.75, 3.05) is 33.3 Å². The number of alkyl carbamates (subject to hydrolysis) is 1. The maximum atomic E-state index is 13.3. The topological polar surface area (TPSA) is 99.2 Å². The van der Waals surface area contributed by atoms with Crippen molar-refractivity contribution in [1.82, 2.24) is 15.1 Å². The van der Waals surface area contributed by atoms with E-state index in [0.29, 0.717) is 25.9 Å². The number of likely N-dealkylation sites (tertiary alicyclic amines) is 1. The number of nitrogens with zero attached hydrogens (tertiary/aromatic N) is 2. The van der Waals surface area contributed by atoms with Crippen LogP contribution in [0.15, 0.2) is 78.9 Å². The molecular formula is C33H37N3O5. The second-order valence-electron chi connectivity index (χ2n) is 11.1. The summed E-state index contributed by atoms with van der Waals surface area (Å²) >= 11 is 0. The Balaban J connectivity index is 1.26. The summed E-state index contributed by atoms with van der Waals surface area (Å²) in [5.74, 6) is -1.20. The van der Waals surface area contributed by atoms with Crippen molar-refractivity contribution in [3.63, 3.8) is 0 Å². The number of carboxylic acids is 1. The summed E-state index contributed by atoms with van der Waals surface area (Å²) in [6.07, 6.45) is 0.599. The number of ether oxygens (including phenoxy) is 1. The SMILES string of the molecule is CN(CCC(=O)O)C(=O)CC1(NC(=O)OCC2c3ccccc3-c3ccccc32)CCN(Cc2ccccc2)CC1. The van der Waals surface area contributed by atoms with Gasteiger partial charge in [-0.3, -0.25) is 14.5 Å². The number of rotatable bonds is 10. The van der Waals surface area contributed by atoms with E-state index in [0.717, 1.165) is 28.8 Å². The summed E-state index contributed by atoms with van der Waals surface area (Å²) in [5, 5.41) is 12.1. The maximum absolute atomic E-state index is 13.3. The zero-order chi connectivity index (χ0) is 28.8. The Labute approximate surface area is 240 Å². The molecule has 8 heteroatoms. The highest BCUT2D eigenvalue weighted by molar-refractivity contribution is 5.80. The van der Waals surface area contributed by atoms with Crippen molar-refractivity contribution in [2.24, 2.45) is 0 Å². The van der Waals surface area contributed by atoms with Crippen LogP contribution in [0.1, 0.15) is 48.3 Å². The van der Waals surface area contributed by atoms with E-state index in [1.54, 1.807) is 7.05 Å². The molecule has 2 N–H and O–H groups in total. The van der Waals surface area contributed by atoms with E-state index < -0.39 is 17.6 Å². The van der Waals surface area contributed by atoms with Crippen molar-refractivity contribution in [1.29, 1.82) is 0 Å². The summed E-state index contributed by atoms with van der Waals surface area (Å²) in [5.41, 5.74) is 5.05. The van der Waals surface area contributed by atoms with Gasteiger partial charge in [-0.15, -0.1) is 0 Å². The first-order chi connectivity index (χ1) is 19.8. The predicted molar refractivity (Wildman–Crippen MR) is 156 cm³/mol. The number of carboxylic acid groups (broad SMARTS) is 1. The van der Waals surface area contributed by atoms with Gasteiger partial charge in [-0.05, 0) is 40.7 Å². The van der Waals surface area contributed by atoms with Crippen LogP contribution in [0, 0.1) is 0 Å². The van der Waals surface area contributed by atoms with Crippen LogP contribution >= 0.6 is 0 Å². The van der Waals surface area contributed by atoms with Crippen LogP contribution in [0.25, 0.3) is 11.1 Å². The zero-order valence-electron chi connectivity index (χ0n) is 23.4. The van der Waals surface area contributed by atoms with E-state index >= 15 is 0 Å². The van der Waals surface area contributed by atoms with E-state index in [2.05, 4.69) is 46.6 Å². The average molecular weight is 556 g/mol. The minimum Gasteiger partial charge on any atom is -0.481 e. The Bertz CT molecular complexity index is 1340. The van der Waals surface area contributed by atoms with Gasteiger partial charge in [0.15, 0.2) is 0 Å². The van der Waals surface area contributed by atoms with Crippen LogP contribution in [0.2, 0.25) is 0 Å². The largest absolute Gasteiger partial charge is 0.481 e. The number of hydrogen-bond donors (Lipinski definition) is 2. The van der Waals surface area contributed by atoms with Crippen molar-refractivity contribution in [2.45, 2.75) is 43.7 Å². The molecule has 0 atom stereocenters. The minimum absolute atomic E-state index is 0.0550. The lowest BCUT2D eigenvalue weighted by Crippen LogP contribution is -2.57. The molecule has 214 valence electrons. The van der Waals surface area contributed by atoms with E-state index in [-0.39, 0.29) is 37.8 Å². The quantitative estimate of drug-likeness (QED) is 0.370. The highest BCUT2D eigenvalue weighted by Crippen LogP contribution is 2.44. The third-order valence-electron chi connectivity index (χ3n) is 8.35. The average Bonchev–Trinajstić information content (AvgIpc) is 3.30. The Morgan fingerprint density at radius 2 is 1.51 bits per heavy atom. The predicted octanol–water partition coefficient (Wildman–Crippen LogP) is 4.88. The number of aliphatic carboxylic acids is 1.